The molecule has 0 fully saturated rings. The van der Waals surface area contributed by atoms with Gasteiger partial charge in [-0.15, -0.1) is 0 Å². The predicted molar refractivity (Wildman–Crippen MR) is 58.5 cm³/mol. The van der Waals surface area contributed by atoms with Crippen LogP contribution in [0.15, 0.2) is 30.3 Å². The second-order valence-corrected chi connectivity index (χ2v) is 3.72. The normalized spacial score (nSPS) is 10.6. The Bertz CT molecular complexity index is 462. The SMILES string of the molecule is Cn1nc(CF)cc1-c1ccc(Cl)cc1. The van der Waals surface area contributed by atoms with Crippen LogP contribution in [-0.4, -0.2) is 9.78 Å². The first kappa shape index (κ1) is 10.2. The van der Waals surface area contributed by atoms with Gasteiger partial charge in [-0.3, -0.25) is 4.68 Å². The van der Waals surface area contributed by atoms with Crippen molar-refractivity contribution in [3.63, 3.8) is 0 Å². The van der Waals surface area contributed by atoms with Gasteiger partial charge in [-0.1, -0.05) is 23.7 Å². The number of aromatic nitrogens is 2. The van der Waals surface area contributed by atoms with E-state index in [2.05, 4.69) is 5.10 Å². The maximum atomic E-state index is 12.4. The van der Waals surface area contributed by atoms with Crippen molar-refractivity contribution in [3.8, 4) is 11.3 Å². The fraction of sp³-hybridized carbons (Fsp3) is 0.182. The highest BCUT2D eigenvalue weighted by molar-refractivity contribution is 6.30. The number of nitrogens with zero attached hydrogens (tertiary/aromatic N) is 2. The molecule has 2 nitrogen and oxygen atoms in total. The number of rotatable bonds is 2. The van der Waals surface area contributed by atoms with Gasteiger partial charge in [-0.2, -0.15) is 5.10 Å². The summed E-state index contributed by atoms with van der Waals surface area (Å²) in [6.45, 7) is -0.540. The van der Waals surface area contributed by atoms with Gasteiger partial charge in [0.25, 0.3) is 0 Å². The molecule has 0 bridgehead atoms. The number of halogens is 2. The molecule has 78 valence electrons. The number of aryl methyl sites for hydroxylation is 1. The van der Waals surface area contributed by atoms with E-state index in [0.717, 1.165) is 11.3 Å². The number of hydrogen-bond donors (Lipinski definition) is 0. The molecular formula is C11H10ClFN2. The van der Waals surface area contributed by atoms with Crippen molar-refractivity contribution in [3.05, 3.63) is 41.0 Å². The van der Waals surface area contributed by atoms with Crippen molar-refractivity contribution in [1.82, 2.24) is 9.78 Å². The minimum Gasteiger partial charge on any atom is -0.268 e. The molecule has 0 saturated heterocycles. The molecule has 15 heavy (non-hydrogen) atoms. The summed E-state index contributed by atoms with van der Waals surface area (Å²) in [7, 11) is 1.79. The number of alkyl halides is 1. The molecule has 0 aliphatic heterocycles. The second-order valence-electron chi connectivity index (χ2n) is 3.29. The van der Waals surface area contributed by atoms with Crippen LogP contribution in [-0.2, 0) is 13.7 Å². The maximum absolute atomic E-state index is 12.4. The van der Waals surface area contributed by atoms with Crippen LogP contribution in [0.2, 0.25) is 5.02 Å². The summed E-state index contributed by atoms with van der Waals surface area (Å²) in [5, 5.41) is 4.72. The van der Waals surface area contributed by atoms with E-state index in [4.69, 9.17) is 11.6 Å². The van der Waals surface area contributed by atoms with Gasteiger partial charge in [0.1, 0.15) is 6.67 Å². The first-order chi connectivity index (χ1) is 7.20. The molecule has 4 heteroatoms. The van der Waals surface area contributed by atoms with Crippen molar-refractivity contribution in [2.75, 3.05) is 0 Å². The smallest absolute Gasteiger partial charge is 0.133 e. The Balaban J connectivity index is 2.44. The van der Waals surface area contributed by atoms with Gasteiger partial charge < -0.3 is 0 Å². The monoisotopic (exact) mass is 224 g/mol. The number of hydrogen-bond acceptors (Lipinski definition) is 1. The van der Waals surface area contributed by atoms with Crippen molar-refractivity contribution >= 4 is 11.6 Å². The zero-order chi connectivity index (χ0) is 10.8. The predicted octanol–water partition coefficient (Wildman–Crippen LogP) is 3.21. The molecule has 1 aromatic carbocycles. The Kier molecular flexibility index (Phi) is 2.73. The van der Waals surface area contributed by atoms with Crippen LogP contribution in [0.3, 0.4) is 0 Å². The standard InChI is InChI=1S/C11H10ClFN2/c1-15-11(6-10(7-13)14-15)8-2-4-9(12)5-3-8/h2-6H,7H2,1H3. The van der Waals surface area contributed by atoms with Crippen molar-refractivity contribution < 1.29 is 4.39 Å². The molecule has 0 amide bonds. The van der Waals surface area contributed by atoms with Gasteiger partial charge in [0.05, 0.1) is 11.4 Å². The molecule has 0 N–H and O–H groups in total. The lowest BCUT2D eigenvalue weighted by atomic mass is 10.1. The summed E-state index contributed by atoms with van der Waals surface area (Å²) < 4.78 is 14.1. The number of benzene rings is 1. The van der Waals surface area contributed by atoms with E-state index in [1.807, 2.05) is 12.1 Å². The van der Waals surface area contributed by atoms with Gasteiger partial charge in [-0.25, -0.2) is 4.39 Å². The van der Waals surface area contributed by atoms with Gasteiger partial charge in [0.2, 0.25) is 0 Å². The van der Waals surface area contributed by atoms with Crippen LogP contribution in [0.1, 0.15) is 5.69 Å². The lowest BCUT2D eigenvalue weighted by Gasteiger charge is -2.01. The molecule has 0 spiro atoms. The van der Waals surface area contributed by atoms with E-state index in [1.165, 1.54) is 0 Å². The Labute approximate surface area is 92.3 Å². The fourth-order valence-electron chi connectivity index (χ4n) is 1.48. The quantitative estimate of drug-likeness (QED) is 0.766. The van der Waals surface area contributed by atoms with Crippen LogP contribution < -0.4 is 0 Å². The summed E-state index contributed by atoms with van der Waals surface area (Å²) >= 11 is 5.79. The van der Waals surface area contributed by atoms with E-state index in [9.17, 15) is 4.39 Å². The fourth-order valence-corrected chi connectivity index (χ4v) is 1.61. The minimum absolute atomic E-state index is 0.447. The average molecular weight is 225 g/mol. The summed E-state index contributed by atoms with van der Waals surface area (Å²) in [5.74, 6) is 0. The summed E-state index contributed by atoms with van der Waals surface area (Å²) in [6, 6.07) is 9.13. The summed E-state index contributed by atoms with van der Waals surface area (Å²) in [5.41, 5.74) is 2.32. The van der Waals surface area contributed by atoms with E-state index in [0.29, 0.717) is 10.7 Å². The van der Waals surface area contributed by atoms with Crippen LogP contribution >= 0.6 is 11.6 Å². The maximum Gasteiger partial charge on any atom is 0.133 e. The Morgan fingerprint density at radius 1 is 1.33 bits per heavy atom. The van der Waals surface area contributed by atoms with Gasteiger partial charge in [0, 0.05) is 12.1 Å². The van der Waals surface area contributed by atoms with Gasteiger partial charge in [0.15, 0.2) is 0 Å². The van der Waals surface area contributed by atoms with Gasteiger partial charge >= 0.3 is 0 Å². The molecule has 2 aromatic rings. The largest absolute Gasteiger partial charge is 0.268 e. The zero-order valence-corrected chi connectivity index (χ0v) is 9.00. The summed E-state index contributed by atoms with van der Waals surface area (Å²) in [4.78, 5) is 0. The first-order valence-electron chi connectivity index (χ1n) is 4.55. The highest BCUT2D eigenvalue weighted by atomic mass is 35.5. The van der Waals surface area contributed by atoms with Crippen LogP contribution in [0.25, 0.3) is 11.3 Å². The molecule has 1 aromatic heterocycles. The zero-order valence-electron chi connectivity index (χ0n) is 8.24. The van der Waals surface area contributed by atoms with Crippen molar-refractivity contribution in [2.24, 2.45) is 7.05 Å². The van der Waals surface area contributed by atoms with Crippen LogP contribution in [0.5, 0.6) is 0 Å². The second kappa shape index (κ2) is 4.03. The molecule has 0 aliphatic rings. The Morgan fingerprint density at radius 2 is 2.00 bits per heavy atom. The molecular weight excluding hydrogens is 215 g/mol. The Hall–Kier alpha value is -1.35. The molecule has 0 radical (unpaired) electrons. The van der Waals surface area contributed by atoms with Crippen molar-refractivity contribution in [2.45, 2.75) is 6.67 Å². The third-order valence-corrected chi connectivity index (χ3v) is 2.46. The van der Waals surface area contributed by atoms with Crippen LogP contribution in [0.4, 0.5) is 4.39 Å². The molecule has 2 rings (SSSR count). The first-order valence-corrected chi connectivity index (χ1v) is 4.93. The molecule has 0 aliphatic carbocycles. The highest BCUT2D eigenvalue weighted by Crippen LogP contribution is 2.22. The van der Waals surface area contributed by atoms with Gasteiger partial charge in [-0.05, 0) is 23.8 Å². The molecule has 0 saturated carbocycles. The van der Waals surface area contributed by atoms with E-state index >= 15 is 0 Å². The lowest BCUT2D eigenvalue weighted by Crippen LogP contribution is -1.93. The lowest BCUT2D eigenvalue weighted by molar-refractivity contribution is 0.471. The Morgan fingerprint density at radius 3 is 2.53 bits per heavy atom. The highest BCUT2D eigenvalue weighted by Gasteiger charge is 2.06. The topological polar surface area (TPSA) is 17.8 Å². The third kappa shape index (κ3) is 2.02. The van der Waals surface area contributed by atoms with Crippen LogP contribution in [0, 0.1) is 0 Å². The van der Waals surface area contributed by atoms with Crippen molar-refractivity contribution in [1.29, 1.82) is 0 Å². The minimum atomic E-state index is -0.540. The molecule has 0 unspecified atom stereocenters. The third-order valence-electron chi connectivity index (χ3n) is 2.21. The van der Waals surface area contributed by atoms with E-state index in [-0.39, 0.29) is 0 Å². The van der Waals surface area contributed by atoms with E-state index in [1.54, 1.807) is 29.9 Å². The van der Waals surface area contributed by atoms with E-state index < -0.39 is 6.67 Å². The molecule has 0 atom stereocenters. The summed E-state index contributed by atoms with van der Waals surface area (Å²) in [6.07, 6.45) is 0. The average Bonchev–Trinajstić information content (AvgIpc) is 2.61. The molecule has 1 heterocycles.